The highest BCUT2D eigenvalue weighted by Crippen LogP contribution is 2.23. The number of thiocarbonyl (C=S) groups is 1. The number of halogens is 1. The maximum atomic E-state index is 13.1. The van der Waals surface area contributed by atoms with Gasteiger partial charge in [0, 0.05) is 25.2 Å². The predicted octanol–water partition coefficient (Wildman–Crippen LogP) is 0.908. The molecule has 1 aromatic rings. The summed E-state index contributed by atoms with van der Waals surface area (Å²) in [6.07, 6.45) is 3.31. The van der Waals surface area contributed by atoms with E-state index in [0.717, 1.165) is 18.5 Å². The first kappa shape index (κ1) is 14.3. The van der Waals surface area contributed by atoms with E-state index < -0.39 is 15.8 Å². The molecule has 1 saturated heterocycles. The third-order valence-electron chi connectivity index (χ3n) is 3.17. The van der Waals surface area contributed by atoms with Gasteiger partial charge in [-0.25, -0.2) is 12.8 Å². The second kappa shape index (κ2) is 5.48. The lowest BCUT2D eigenvalue weighted by Gasteiger charge is -2.30. The standard InChI is InChI=1S/C11H14FN3O2S2/c12-9-5-10(7-14-6-9)19(16,17)15-3-1-8(2-4-15)11(13)18/h5-8H,1-4H2,(H2,13,18). The van der Waals surface area contributed by atoms with Crippen molar-refractivity contribution in [3.8, 4) is 0 Å². The Bertz CT molecular complexity index is 583. The van der Waals surface area contributed by atoms with Crippen LogP contribution < -0.4 is 5.73 Å². The van der Waals surface area contributed by atoms with Gasteiger partial charge in [0.25, 0.3) is 0 Å². The third-order valence-corrected chi connectivity index (χ3v) is 5.37. The number of nitrogens with two attached hydrogens (primary N) is 1. The number of rotatable bonds is 3. The van der Waals surface area contributed by atoms with E-state index in [-0.39, 0.29) is 10.8 Å². The average Bonchev–Trinajstić information content (AvgIpc) is 2.39. The molecular weight excluding hydrogens is 289 g/mol. The SMILES string of the molecule is NC(=S)C1CCN(S(=O)(=O)c2cncc(F)c2)CC1. The van der Waals surface area contributed by atoms with Crippen LogP contribution in [0.1, 0.15) is 12.8 Å². The molecule has 1 aliphatic rings. The first-order chi connectivity index (χ1) is 8.91. The Morgan fingerprint density at radius 1 is 1.42 bits per heavy atom. The van der Waals surface area contributed by atoms with Crippen LogP contribution in [0, 0.1) is 11.7 Å². The van der Waals surface area contributed by atoms with Crippen molar-refractivity contribution in [3.05, 3.63) is 24.3 Å². The zero-order valence-electron chi connectivity index (χ0n) is 10.1. The summed E-state index contributed by atoms with van der Waals surface area (Å²) >= 11 is 4.91. The van der Waals surface area contributed by atoms with Crippen LogP contribution in [0.3, 0.4) is 0 Å². The molecule has 0 spiro atoms. The molecule has 1 aliphatic heterocycles. The van der Waals surface area contributed by atoms with Crippen molar-refractivity contribution in [2.24, 2.45) is 11.7 Å². The van der Waals surface area contributed by atoms with Gasteiger partial charge in [-0.15, -0.1) is 0 Å². The van der Waals surface area contributed by atoms with Crippen LogP contribution in [-0.4, -0.2) is 35.8 Å². The molecule has 2 rings (SSSR count). The van der Waals surface area contributed by atoms with Gasteiger partial charge in [0.1, 0.15) is 10.7 Å². The van der Waals surface area contributed by atoms with Gasteiger partial charge in [0.15, 0.2) is 0 Å². The molecule has 0 aromatic carbocycles. The Balaban J connectivity index is 2.16. The van der Waals surface area contributed by atoms with Crippen molar-refractivity contribution in [2.45, 2.75) is 17.7 Å². The number of piperidine rings is 1. The van der Waals surface area contributed by atoms with Gasteiger partial charge in [-0.2, -0.15) is 4.31 Å². The molecule has 19 heavy (non-hydrogen) atoms. The highest BCUT2D eigenvalue weighted by Gasteiger charge is 2.30. The highest BCUT2D eigenvalue weighted by molar-refractivity contribution is 7.89. The second-order valence-corrected chi connectivity index (χ2v) is 6.83. The Morgan fingerprint density at radius 2 is 2.05 bits per heavy atom. The number of nitrogens with zero attached hydrogens (tertiary/aromatic N) is 2. The van der Waals surface area contributed by atoms with Gasteiger partial charge >= 0.3 is 0 Å². The molecule has 0 amide bonds. The highest BCUT2D eigenvalue weighted by atomic mass is 32.2. The molecule has 2 N–H and O–H groups in total. The van der Waals surface area contributed by atoms with Crippen molar-refractivity contribution in [1.29, 1.82) is 0 Å². The van der Waals surface area contributed by atoms with E-state index in [0.29, 0.717) is 30.9 Å². The summed E-state index contributed by atoms with van der Waals surface area (Å²) in [7, 11) is -3.69. The van der Waals surface area contributed by atoms with E-state index in [4.69, 9.17) is 18.0 Å². The summed E-state index contributed by atoms with van der Waals surface area (Å²) < 4.78 is 38.9. The number of hydrogen-bond acceptors (Lipinski definition) is 4. The molecule has 0 bridgehead atoms. The summed E-state index contributed by atoms with van der Waals surface area (Å²) in [5.74, 6) is -0.591. The molecule has 104 valence electrons. The number of hydrogen-bond donors (Lipinski definition) is 1. The average molecular weight is 303 g/mol. The van der Waals surface area contributed by atoms with E-state index >= 15 is 0 Å². The predicted molar refractivity (Wildman–Crippen MR) is 72.5 cm³/mol. The van der Waals surface area contributed by atoms with E-state index in [1.54, 1.807) is 0 Å². The summed E-state index contributed by atoms with van der Waals surface area (Å²) in [6, 6.07) is 0.974. The molecule has 5 nitrogen and oxygen atoms in total. The molecule has 8 heteroatoms. The van der Waals surface area contributed by atoms with E-state index in [1.165, 1.54) is 4.31 Å². The number of aromatic nitrogens is 1. The Hall–Kier alpha value is -1.12. The Morgan fingerprint density at radius 3 is 2.58 bits per heavy atom. The van der Waals surface area contributed by atoms with Crippen molar-refractivity contribution in [1.82, 2.24) is 9.29 Å². The van der Waals surface area contributed by atoms with Gasteiger partial charge < -0.3 is 5.73 Å². The van der Waals surface area contributed by atoms with Crippen molar-refractivity contribution in [2.75, 3.05) is 13.1 Å². The lowest BCUT2D eigenvalue weighted by atomic mass is 9.98. The molecule has 1 aromatic heterocycles. The Kier molecular flexibility index (Phi) is 4.12. The Labute approximate surface area is 116 Å². The summed E-state index contributed by atoms with van der Waals surface area (Å²) in [5.41, 5.74) is 5.56. The van der Waals surface area contributed by atoms with Crippen LogP contribution in [0.5, 0.6) is 0 Å². The molecule has 0 saturated carbocycles. The van der Waals surface area contributed by atoms with Crippen LogP contribution in [0.2, 0.25) is 0 Å². The molecule has 0 aliphatic carbocycles. The second-order valence-electron chi connectivity index (χ2n) is 4.42. The van der Waals surface area contributed by atoms with E-state index in [9.17, 15) is 12.8 Å². The topological polar surface area (TPSA) is 76.3 Å². The summed E-state index contributed by atoms with van der Waals surface area (Å²) in [5, 5.41) is 0. The maximum absolute atomic E-state index is 13.1. The zero-order valence-corrected chi connectivity index (χ0v) is 11.8. The smallest absolute Gasteiger partial charge is 0.244 e. The normalized spacial score (nSPS) is 18.4. The maximum Gasteiger partial charge on any atom is 0.244 e. The van der Waals surface area contributed by atoms with Crippen LogP contribution in [0.25, 0.3) is 0 Å². The summed E-state index contributed by atoms with van der Waals surface area (Å²) in [4.78, 5) is 3.86. The number of sulfonamides is 1. The van der Waals surface area contributed by atoms with E-state index in [2.05, 4.69) is 4.98 Å². The molecule has 0 atom stereocenters. The van der Waals surface area contributed by atoms with Crippen molar-refractivity contribution in [3.63, 3.8) is 0 Å². The summed E-state index contributed by atoms with van der Waals surface area (Å²) in [6.45, 7) is 0.668. The van der Waals surface area contributed by atoms with Gasteiger partial charge in [-0.05, 0) is 18.9 Å². The lowest BCUT2D eigenvalue weighted by molar-refractivity contribution is 0.316. The van der Waals surface area contributed by atoms with E-state index in [1.807, 2.05) is 0 Å². The van der Waals surface area contributed by atoms with Crippen LogP contribution in [0.15, 0.2) is 23.4 Å². The van der Waals surface area contributed by atoms with Gasteiger partial charge in [-0.3, -0.25) is 4.98 Å². The van der Waals surface area contributed by atoms with Crippen LogP contribution >= 0.6 is 12.2 Å². The largest absolute Gasteiger partial charge is 0.393 e. The minimum atomic E-state index is -3.69. The fourth-order valence-corrected chi connectivity index (χ4v) is 3.74. The minimum absolute atomic E-state index is 0.0760. The molecule has 0 radical (unpaired) electrons. The van der Waals surface area contributed by atoms with Crippen LogP contribution in [-0.2, 0) is 10.0 Å². The van der Waals surface area contributed by atoms with Gasteiger partial charge in [-0.1, -0.05) is 12.2 Å². The molecular formula is C11H14FN3O2S2. The lowest BCUT2D eigenvalue weighted by Crippen LogP contribution is -2.41. The monoisotopic (exact) mass is 303 g/mol. The van der Waals surface area contributed by atoms with Crippen molar-refractivity contribution >= 4 is 27.2 Å². The van der Waals surface area contributed by atoms with Crippen LogP contribution in [0.4, 0.5) is 4.39 Å². The minimum Gasteiger partial charge on any atom is -0.393 e. The quantitative estimate of drug-likeness (QED) is 0.840. The first-order valence-electron chi connectivity index (χ1n) is 5.81. The fourth-order valence-electron chi connectivity index (χ4n) is 2.06. The van der Waals surface area contributed by atoms with Gasteiger partial charge in [0.2, 0.25) is 10.0 Å². The zero-order chi connectivity index (χ0) is 14.0. The first-order valence-corrected chi connectivity index (χ1v) is 7.66. The number of pyridine rings is 1. The molecule has 0 unspecified atom stereocenters. The molecule has 2 heterocycles. The van der Waals surface area contributed by atoms with Crippen molar-refractivity contribution < 1.29 is 12.8 Å². The third kappa shape index (κ3) is 3.07. The van der Waals surface area contributed by atoms with Gasteiger partial charge in [0.05, 0.1) is 11.2 Å². The molecule has 1 fully saturated rings. The fraction of sp³-hybridized carbons (Fsp3) is 0.455.